The van der Waals surface area contributed by atoms with Crippen LogP contribution in [0, 0.1) is 0 Å². The zero-order valence-electron chi connectivity index (χ0n) is 46.3. The van der Waals surface area contributed by atoms with Gasteiger partial charge in [0.05, 0.1) is 55.8 Å². The van der Waals surface area contributed by atoms with Gasteiger partial charge in [0.1, 0.15) is 0 Å². The summed E-state index contributed by atoms with van der Waals surface area (Å²) in [5.74, 6) is 0.745. The van der Waals surface area contributed by atoms with Gasteiger partial charge in [-0.15, -0.1) is 0 Å². The van der Waals surface area contributed by atoms with Gasteiger partial charge in [0.15, 0.2) is 0 Å². The topological polar surface area (TPSA) is 15.3 Å². The highest BCUT2D eigenvalue weighted by atomic mass is 15.2. The van der Waals surface area contributed by atoms with Gasteiger partial charge in [-0.1, -0.05) is 187 Å². The maximum Gasteiger partial charge on any atom is 0.0641 e. The normalized spacial score (nSPS) is 12.2. The van der Waals surface area contributed by atoms with E-state index >= 15 is 0 Å². The number of nitrogens with zero attached hydrogens (tertiary/aromatic N) is 4. The second kappa shape index (κ2) is 18.6. The maximum atomic E-state index is 2.58. The van der Waals surface area contributed by atoms with E-state index in [4.69, 9.17) is 0 Å². The highest BCUT2D eigenvalue weighted by Gasteiger charge is 2.30. The predicted molar refractivity (Wildman–Crippen MR) is 343 cm³/mol. The first-order valence-electron chi connectivity index (χ1n) is 28.8. The van der Waals surface area contributed by atoms with Crippen LogP contribution in [0.25, 0.3) is 98.4 Å². The van der Waals surface area contributed by atoms with Gasteiger partial charge in [0, 0.05) is 65.6 Å². The van der Waals surface area contributed by atoms with Crippen molar-refractivity contribution in [2.24, 2.45) is 0 Å². The van der Waals surface area contributed by atoms with E-state index in [-0.39, 0.29) is 0 Å². The van der Waals surface area contributed by atoms with Crippen LogP contribution in [-0.4, -0.2) is 8.80 Å². The summed E-state index contributed by atoms with van der Waals surface area (Å²) in [7, 11) is 0. The van der Waals surface area contributed by atoms with Crippen LogP contribution in [0.3, 0.4) is 0 Å². The van der Waals surface area contributed by atoms with E-state index < -0.39 is 0 Å². The summed E-state index contributed by atoms with van der Waals surface area (Å²) in [6, 6.07) is 87.3. The fraction of sp³-hybridized carbons (Fsp3) is 0.132. The first-order chi connectivity index (χ1) is 39.3. The second-order valence-electron chi connectivity index (χ2n) is 22.6. The lowest BCUT2D eigenvalue weighted by molar-refractivity contribution is 0.866. The highest BCUT2D eigenvalue weighted by molar-refractivity contribution is 6.32. The molecule has 0 bridgehead atoms. The summed E-state index contributed by atoms with van der Waals surface area (Å²) in [4.78, 5) is 5.10. The third kappa shape index (κ3) is 7.21. The number of hydrogen-bond donors (Lipinski definition) is 0. The molecule has 0 unspecified atom stereocenters. The standard InChI is InChI=1S/C76H62N4/c1-7-49-33-37-67(61(41-49)51-21-11-9-12-22-51)77(55-27-19-25-53(43-55)47(3)4)69-39-35-57-63-45-72-64(46-71(63)79-65-31-17-15-29-59(65)73(69)75(57)79)58-36-40-70(74-60-30-16-18-32-66(60)80(72)76(58)74)78(56-28-20-26-54(44-56)48(5)6)68-38-34-50(8-2)42-62(68)52-23-13-10-14-24-52/h9-48H,7-8H2,1-6H3. The van der Waals surface area contributed by atoms with Crippen LogP contribution in [-0.2, 0) is 12.8 Å². The number of benzene rings is 11. The lowest BCUT2D eigenvalue weighted by Gasteiger charge is -2.30. The number of hydrogen-bond acceptors (Lipinski definition) is 2. The molecule has 4 heteroatoms. The minimum atomic E-state index is 0.372. The van der Waals surface area contributed by atoms with E-state index in [1.165, 1.54) is 132 Å². The molecule has 0 aliphatic carbocycles. The number of aryl methyl sites for hydroxylation is 2. The largest absolute Gasteiger partial charge is 0.309 e. The van der Waals surface area contributed by atoms with E-state index in [0.29, 0.717) is 11.8 Å². The van der Waals surface area contributed by atoms with E-state index in [1.807, 2.05) is 0 Å². The number of anilines is 6. The first-order valence-corrected chi connectivity index (χ1v) is 28.8. The van der Waals surface area contributed by atoms with Gasteiger partial charge in [-0.2, -0.15) is 0 Å². The van der Waals surface area contributed by atoms with Crippen molar-refractivity contribution in [1.29, 1.82) is 0 Å². The van der Waals surface area contributed by atoms with E-state index in [2.05, 4.69) is 291 Å². The SMILES string of the molecule is CCc1ccc(N(c2cccc(C(C)C)c2)c2ccc3c4cc5c(cc4n4c6ccccc6c2c34)c2ccc(N(c3cccc(C(C)C)c3)c3ccc(CC)cc3-c3ccccc3)c3c4ccccc4n5c23)c(-c2ccccc2)c1. The lowest BCUT2D eigenvalue weighted by Crippen LogP contribution is -2.12. The Labute approximate surface area is 467 Å². The average molecular weight is 1030 g/mol. The Kier molecular flexibility index (Phi) is 11.1. The third-order valence-corrected chi connectivity index (χ3v) is 17.4. The Morgan fingerprint density at radius 3 is 1.14 bits per heavy atom. The van der Waals surface area contributed by atoms with Gasteiger partial charge in [-0.3, -0.25) is 0 Å². The van der Waals surface area contributed by atoms with E-state index in [1.54, 1.807) is 0 Å². The average Bonchev–Trinajstić information content (AvgIpc) is 4.28. The Bertz CT molecular complexity index is 4550. The monoisotopic (exact) mass is 1030 g/mol. The van der Waals surface area contributed by atoms with Crippen molar-refractivity contribution in [3.8, 4) is 22.3 Å². The zero-order valence-corrected chi connectivity index (χ0v) is 46.3. The molecule has 0 aliphatic heterocycles. The summed E-state index contributed by atoms with van der Waals surface area (Å²) >= 11 is 0. The Morgan fingerprint density at radius 1 is 0.325 bits per heavy atom. The van der Waals surface area contributed by atoms with Crippen LogP contribution in [0.2, 0.25) is 0 Å². The Balaban J connectivity index is 1.01. The van der Waals surface area contributed by atoms with Crippen molar-refractivity contribution in [2.45, 2.75) is 66.2 Å². The van der Waals surface area contributed by atoms with Gasteiger partial charge in [-0.05, 0) is 143 Å². The highest BCUT2D eigenvalue weighted by Crippen LogP contribution is 2.53. The van der Waals surface area contributed by atoms with Crippen molar-refractivity contribution in [3.63, 3.8) is 0 Å². The molecule has 0 atom stereocenters. The molecule has 15 rings (SSSR count). The fourth-order valence-corrected chi connectivity index (χ4v) is 13.4. The molecule has 15 aromatic rings. The molecular weight excluding hydrogens is 969 g/mol. The van der Waals surface area contributed by atoms with Crippen LogP contribution in [0.5, 0.6) is 0 Å². The van der Waals surface area contributed by atoms with Gasteiger partial charge in [0.25, 0.3) is 0 Å². The van der Waals surface area contributed by atoms with Gasteiger partial charge < -0.3 is 18.6 Å². The van der Waals surface area contributed by atoms with Crippen molar-refractivity contribution < 1.29 is 0 Å². The van der Waals surface area contributed by atoms with Crippen molar-refractivity contribution in [3.05, 3.63) is 253 Å². The van der Waals surface area contributed by atoms with Crippen LogP contribution in [0.4, 0.5) is 34.1 Å². The zero-order chi connectivity index (χ0) is 53.9. The number of fused-ring (bicyclic) bond motifs is 12. The molecule has 4 aromatic heterocycles. The number of para-hydroxylation sites is 2. The molecule has 80 heavy (non-hydrogen) atoms. The smallest absolute Gasteiger partial charge is 0.0641 e. The van der Waals surface area contributed by atoms with Crippen LogP contribution in [0.1, 0.15) is 75.6 Å². The molecule has 4 heterocycles. The minimum absolute atomic E-state index is 0.372. The summed E-state index contributed by atoms with van der Waals surface area (Å²) in [5, 5.41) is 10.0. The van der Waals surface area contributed by atoms with Crippen LogP contribution >= 0.6 is 0 Å². The van der Waals surface area contributed by atoms with E-state index in [9.17, 15) is 0 Å². The second-order valence-corrected chi connectivity index (χ2v) is 22.6. The van der Waals surface area contributed by atoms with Crippen molar-refractivity contribution >= 4 is 110 Å². The summed E-state index contributed by atoms with van der Waals surface area (Å²) in [6.07, 6.45) is 1.92. The Morgan fingerprint density at radius 2 is 0.725 bits per heavy atom. The molecule has 386 valence electrons. The quantitative estimate of drug-likeness (QED) is 0.121. The molecule has 0 fully saturated rings. The molecule has 11 aromatic carbocycles. The van der Waals surface area contributed by atoms with Crippen LogP contribution < -0.4 is 9.80 Å². The van der Waals surface area contributed by atoms with Gasteiger partial charge >= 0.3 is 0 Å². The molecule has 4 nitrogen and oxygen atoms in total. The lowest BCUT2D eigenvalue weighted by atomic mass is 9.96. The molecule has 0 amide bonds. The predicted octanol–water partition coefficient (Wildman–Crippen LogP) is 21.6. The van der Waals surface area contributed by atoms with E-state index in [0.717, 1.165) is 35.6 Å². The van der Waals surface area contributed by atoms with Crippen molar-refractivity contribution in [2.75, 3.05) is 9.80 Å². The summed E-state index contributed by atoms with van der Waals surface area (Å²) in [5.41, 5.74) is 24.4. The molecule has 0 saturated heterocycles. The molecule has 0 spiro atoms. The molecular formula is C76H62N4. The van der Waals surface area contributed by atoms with Crippen molar-refractivity contribution in [1.82, 2.24) is 8.80 Å². The number of aromatic nitrogens is 2. The third-order valence-electron chi connectivity index (χ3n) is 17.4. The minimum Gasteiger partial charge on any atom is -0.309 e. The van der Waals surface area contributed by atoms with Gasteiger partial charge in [-0.25, -0.2) is 0 Å². The first kappa shape index (κ1) is 47.8. The molecule has 0 radical (unpaired) electrons. The molecule has 0 saturated carbocycles. The number of rotatable bonds is 12. The summed E-state index contributed by atoms with van der Waals surface area (Å²) < 4.78 is 5.15. The Hall–Kier alpha value is -9.38. The molecule has 0 aliphatic rings. The fourth-order valence-electron chi connectivity index (χ4n) is 13.4. The molecule has 0 N–H and O–H groups in total. The van der Waals surface area contributed by atoms with Gasteiger partial charge in [0.2, 0.25) is 0 Å². The summed E-state index contributed by atoms with van der Waals surface area (Å²) in [6.45, 7) is 13.7. The van der Waals surface area contributed by atoms with Crippen LogP contribution in [0.15, 0.2) is 231 Å². The maximum absolute atomic E-state index is 2.58.